The minimum Gasteiger partial charge on any atom is -0.396 e. The van der Waals surface area contributed by atoms with Crippen molar-refractivity contribution in [2.45, 2.75) is 25.7 Å². The summed E-state index contributed by atoms with van der Waals surface area (Å²) in [5.74, 6) is -0.120. The van der Waals surface area contributed by atoms with Crippen molar-refractivity contribution in [1.29, 1.82) is 0 Å². The number of hydrogen-bond donors (Lipinski definition) is 1. The molecule has 2 atom stereocenters. The van der Waals surface area contributed by atoms with Crippen LogP contribution in [0.1, 0.15) is 13.8 Å². The topological polar surface area (TPSA) is 41.9 Å². The van der Waals surface area contributed by atoms with Crippen LogP contribution >= 0.6 is 0 Å². The van der Waals surface area contributed by atoms with Gasteiger partial charge in [-0.3, -0.25) is 4.90 Å². The summed E-state index contributed by atoms with van der Waals surface area (Å²) in [4.78, 5) is 2.26. The largest absolute Gasteiger partial charge is 0.396 e. The van der Waals surface area contributed by atoms with E-state index in [0.29, 0.717) is 12.0 Å². The van der Waals surface area contributed by atoms with Crippen LogP contribution < -0.4 is 0 Å². The molecule has 0 amide bonds. The van der Waals surface area contributed by atoms with E-state index < -0.39 is 5.79 Å². The molecule has 1 saturated heterocycles. The van der Waals surface area contributed by atoms with Crippen molar-refractivity contribution in [3.63, 3.8) is 0 Å². The molecule has 14 heavy (non-hydrogen) atoms. The van der Waals surface area contributed by atoms with Gasteiger partial charge in [0.15, 0.2) is 5.79 Å². The first kappa shape index (κ1) is 11.9. The van der Waals surface area contributed by atoms with Crippen molar-refractivity contribution < 1.29 is 14.6 Å². The second-order valence-corrected chi connectivity index (χ2v) is 4.12. The zero-order chi connectivity index (χ0) is 10.8. The number of nitrogens with zero attached hydrogens (tertiary/aromatic N) is 1. The minimum absolute atomic E-state index is 0.227. The highest BCUT2D eigenvalue weighted by Crippen LogP contribution is 2.29. The highest BCUT2D eigenvalue weighted by atomic mass is 16.7. The van der Waals surface area contributed by atoms with Crippen LogP contribution in [0.25, 0.3) is 0 Å². The number of methoxy groups -OCH3 is 2. The second-order valence-electron chi connectivity index (χ2n) is 4.12. The summed E-state index contributed by atoms with van der Waals surface area (Å²) in [6.45, 7) is 5.96. The highest BCUT2D eigenvalue weighted by molar-refractivity contribution is 4.92. The first-order valence-corrected chi connectivity index (χ1v) is 5.04. The summed E-state index contributed by atoms with van der Waals surface area (Å²) in [6.07, 6.45) is 0. The van der Waals surface area contributed by atoms with E-state index >= 15 is 0 Å². The van der Waals surface area contributed by atoms with Gasteiger partial charge in [-0.2, -0.15) is 0 Å². The summed E-state index contributed by atoms with van der Waals surface area (Å²) in [6, 6.07) is 0.374. The van der Waals surface area contributed by atoms with Gasteiger partial charge in [0, 0.05) is 26.9 Å². The molecule has 0 bridgehead atoms. The molecule has 0 radical (unpaired) electrons. The SMILES string of the molecule is COC1(OC)CN(C(C)C(C)CO)C1. The van der Waals surface area contributed by atoms with Gasteiger partial charge >= 0.3 is 0 Å². The first-order chi connectivity index (χ1) is 6.58. The van der Waals surface area contributed by atoms with Gasteiger partial charge in [0.1, 0.15) is 0 Å². The Bertz CT molecular complexity index is 174. The zero-order valence-corrected chi connectivity index (χ0v) is 9.49. The molecule has 1 fully saturated rings. The van der Waals surface area contributed by atoms with Gasteiger partial charge in [-0.05, 0) is 12.8 Å². The predicted octanol–water partition coefficient (Wildman–Crippen LogP) is 0.308. The molecular formula is C10H21NO3. The monoisotopic (exact) mass is 203 g/mol. The Morgan fingerprint density at radius 1 is 1.29 bits per heavy atom. The number of rotatable bonds is 5. The third-order valence-electron chi connectivity index (χ3n) is 3.32. The van der Waals surface area contributed by atoms with Gasteiger partial charge in [0.2, 0.25) is 0 Å². The third kappa shape index (κ3) is 2.08. The second kappa shape index (κ2) is 4.57. The molecule has 0 spiro atoms. The summed E-state index contributed by atoms with van der Waals surface area (Å²) in [7, 11) is 3.34. The van der Waals surface area contributed by atoms with Crippen LogP contribution in [0.3, 0.4) is 0 Å². The Hall–Kier alpha value is -0.160. The van der Waals surface area contributed by atoms with Crippen LogP contribution in [-0.4, -0.2) is 55.8 Å². The standard InChI is InChI=1S/C10H21NO3/c1-8(5-12)9(2)11-6-10(7-11,13-3)14-4/h8-9,12H,5-7H2,1-4H3. The summed E-state index contributed by atoms with van der Waals surface area (Å²) in [5.41, 5.74) is 0. The van der Waals surface area contributed by atoms with Crippen LogP contribution in [0.5, 0.6) is 0 Å². The van der Waals surface area contributed by atoms with Gasteiger partial charge in [-0.1, -0.05) is 6.92 Å². The molecule has 1 aliphatic rings. The van der Waals surface area contributed by atoms with Gasteiger partial charge in [-0.25, -0.2) is 0 Å². The smallest absolute Gasteiger partial charge is 0.193 e. The molecule has 1 N–H and O–H groups in total. The molecule has 1 heterocycles. The fourth-order valence-electron chi connectivity index (χ4n) is 1.71. The van der Waals surface area contributed by atoms with E-state index in [9.17, 15) is 0 Å². The fraction of sp³-hybridized carbons (Fsp3) is 1.00. The Morgan fingerprint density at radius 2 is 1.79 bits per heavy atom. The van der Waals surface area contributed by atoms with Gasteiger partial charge in [-0.15, -0.1) is 0 Å². The van der Waals surface area contributed by atoms with Gasteiger partial charge in [0.05, 0.1) is 13.1 Å². The summed E-state index contributed by atoms with van der Waals surface area (Å²) < 4.78 is 10.6. The minimum atomic E-state index is -0.413. The average molecular weight is 203 g/mol. The Morgan fingerprint density at radius 3 is 2.14 bits per heavy atom. The lowest BCUT2D eigenvalue weighted by molar-refractivity contribution is -0.283. The molecule has 0 aromatic carbocycles. The molecule has 4 heteroatoms. The van der Waals surface area contributed by atoms with Crippen LogP contribution in [-0.2, 0) is 9.47 Å². The lowest BCUT2D eigenvalue weighted by Gasteiger charge is -2.51. The van der Waals surface area contributed by atoms with E-state index in [4.69, 9.17) is 14.6 Å². The number of aliphatic hydroxyl groups excluding tert-OH is 1. The van der Waals surface area contributed by atoms with Crippen molar-refractivity contribution in [2.24, 2.45) is 5.92 Å². The van der Waals surface area contributed by atoms with E-state index in [2.05, 4.69) is 11.8 Å². The summed E-state index contributed by atoms with van der Waals surface area (Å²) in [5, 5.41) is 9.03. The Balaban J connectivity index is 2.39. The zero-order valence-electron chi connectivity index (χ0n) is 9.49. The van der Waals surface area contributed by atoms with E-state index in [1.54, 1.807) is 14.2 Å². The first-order valence-electron chi connectivity index (χ1n) is 5.04. The number of hydrogen-bond acceptors (Lipinski definition) is 4. The maximum Gasteiger partial charge on any atom is 0.193 e. The van der Waals surface area contributed by atoms with E-state index in [-0.39, 0.29) is 6.61 Å². The Kier molecular flexibility index (Phi) is 3.89. The molecule has 0 aromatic heterocycles. The molecule has 1 aliphatic heterocycles. The van der Waals surface area contributed by atoms with Crippen molar-refractivity contribution in [1.82, 2.24) is 4.90 Å². The lowest BCUT2D eigenvalue weighted by Crippen LogP contribution is -2.67. The quantitative estimate of drug-likeness (QED) is 0.653. The summed E-state index contributed by atoms with van der Waals surface area (Å²) >= 11 is 0. The van der Waals surface area contributed by atoms with E-state index in [1.807, 2.05) is 6.92 Å². The molecule has 0 aliphatic carbocycles. The lowest BCUT2D eigenvalue weighted by atomic mass is 9.97. The third-order valence-corrected chi connectivity index (χ3v) is 3.32. The number of aliphatic hydroxyl groups is 1. The average Bonchev–Trinajstić information content (AvgIpc) is 2.16. The maximum absolute atomic E-state index is 9.03. The molecule has 84 valence electrons. The maximum atomic E-state index is 9.03. The molecule has 4 nitrogen and oxygen atoms in total. The van der Waals surface area contributed by atoms with Gasteiger partial charge in [0.25, 0.3) is 0 Å². The molecular weight excluding hydrogens is 182 g/mol. The van der Waals surface area contributed by atoms with Crippen molar-refractivity contribution in [3.8, 4) is 0 Å². The van der Waals surface area contributed by atoms with Crippen LogP contribution in [0, 0.1) is 5.92 Å². The molecule has 2 unspecified atom stereocenters. The van der Waals surface area contributed by atoms with Crippen LogP contribution in [0.4, 0.5) is 0 Å². The van der Waals surface area contributed by atoms with Crippen molar-refractivity contribution >= 4 is 0 Å². The van der Waals surface area contributed by atoms with Crippen molar-refractivity contribution in [3.05, 3.63) is 0 Å². The van der Waals surface area contributed by atoms with E-state index in [0.717, 1.165) is 13.1 Å². The normalized spacial score (nSPS) is 25.5. The van der Waals surface area contributed by atoms with Crippen LogP contribution in [0.2, 0.25) is 0 Å². The fourth-order valence-corrected chi connectivity index (χ4v) is 1.71. The molecule has 0 saturated carbocycles. The Labute approximate surface area is 85.8 Å². The molecule has 1 rings (SSSR count). The highest BCUT2D eigenvalue weighted by Gasteiger charge is 2.46. The van der Waals surface area contributed by atoms with E-state index in [1.165, 1.54) is 0 Å². The predicted molar refractivity (Wildman–Crippen MR) is 54.0 cm³/mol. The van der Waals surface area contributed by atoms with Gasteiger partial charge < -0.3 is 14.6 Å². The molecule has 0 aromatic rings. The number of likely N-dealkylation sites (tertiary alicyclic amines) is 1. The van der Waals surface area contributed by atoms with Crippen LogP contribution in [0.15, 0.2) is 0 Å². The van der Waals surface area contributed by atoms with Crippen molar-refractivity contribution in [2.75, 3.05) is 33.9 Å². The number of ether oxygens (including phenoxy) is 2.